The second-order valence-corrected chi connectivity index (χ2v) is 4.68. The third kappa shape index (κ3) is 3.12. The molecule has 0 saturated carbocycles. The van der Waals surface area contributed by atoms with Crippen molar-refractivity contribution in [1.29, 1.82) is 0 Å². The summed E-state index contributed by atoms with van der Waals surface area (Å²) in [4.78, 5) is 0. The number of aliphatic hydroxyl groups excluding tert-OH is 1. The van der Waals surface area contributed by atoms with E-state index in [0.29, 0.717) is 5.56 Å². The van der Waals surface area contributed by atoms with Crippen molar-refractivity contribution in [3.8, 4) is 0 Å². The van der Waals surface area contributed by atoms with Gasteiger partial charge in [0.15, 0.2) is 0 Å². The molecule has 0 saturated heterocycles. The molecular weight excluding hydrogens is 241 g/mol. The SMILES string of the molecule is Cc1c(F)cccc1NC(C)c1cccc(CO)c1. The van der Waals surface area contributed by atoms with Crippen LogP contribution in [0.25, 0.3) is 0 Å². The Bertz CT molecular complexity index is 568. The highest BCUT2D eigenvalue weighted by molar-refractivity contribution is 5.52. The minimum atomic E-state index is -0.207. The van der Waals surface area contributed by atoms with Gasteiger partial charge in [-0.05, 0) is 37.1 Å². The van der Waals surface area contributed by atoms with Crippen molar-refractivity contribution in [3.63, 3.8) is 0 Å². The molecule has 0 aliphatic rings. The van der Waals surface area contributed by atoms with Crippen LogP contribution < -0.4 is 5.32 Å². The van der Waals surface area contributed by atoms with Crippen molar-refractivity contribution in [2.45, 2.75) is 26.5 Å². The van der Waals surface area contributed by atoms with Crippen LogP contribution in [0.5, 0.6) is 0 Å². The number of halogens is 1. The van der Waals surface area contributed by atoms with E-state index in [0.717, 1.165) is 16.8 Å². The van der Waals surface area contributed by atoms with Crippen LogP contribution in [-0.4, -0.2) is 5.11 Å². The van der Waals surface area contributed by atoms with Gasteiger partial charge in [-0.15, -0.1) is 0 Å². The molecule has 2 rings (SSSR count). The number of anilines is 1. The van der Waals surface area contributed by atoms with E-state index in [9.17, 15) is 4.39 Å². The van der Waals surface area contributed by atoms with E-state index < -0.39 is 0 Å². The maximum atomic E-state index is 13.5. The van der Waals surface area contributed by atoms with Gasteiger partial charge in [-0.1, -0.05) is 30.3 Å². The number of hydrogen-bond acceptors (Lipinski definition) is 2. The summed E-state index contributed by atoms with van der Waals surface area (Å²) in [6.45, 7) is 3.80. The molecule has 0 amide bonds. The Morgan fingerprint density at radius 1 is 1.21 bits per heavy atom. The Morgan fingerprint density at radius 2 is 1.95 bits per heavy atom. The van der Waals surface area contributed by atoms with Gasteiger partial charge in [0.25, 0.3) is 0 Å². The second-order valence-electron chi connectivity index (χ2n) is 4.68. The lowest BCUT2D eigenvalue weighted by Crippen LogP contribution is -2.08. The molecular formula is C16H18FNO. The maximum absolute atomic E-state index is 13.5. The number of aliphatic hydroxyl groups is 1. The summed E-state index contributed by atoms with van der Waals surface area (Å²) in [5, 5.41) is 12.4. The molecule has 1 atom stereocenters. The van der Waals surface area contributed by atoms with Crippen LogP contribution in [0.3, 0.4) is 0 Å². The van der Waals surface area contributed by atoms with Gasteiger partial charge >= 0.3 is 0 Å². The van der Waals surface area contributed by atoms with E-state index in [1.165, 1.54) is 6.07 Å². The molecule has 0 bridgehead atoms. The molecule has 0 radical (unpaired) electrons. The molecule has 0 aliphatic carbocycles. The largest absolute Gasteiger partial charge is 0.392 e. The predicted molar refractivity (Wildman–Crippen MR) is 75.5 cm³/mol. The quantitative estimate of drug-likeness (QED) is 0.875. The second kappa shape index (κ2) is 5.85. The van der Waals surface area contributed by atoms with Gasteiger partial charge in [-0.2, -0.15) is 0 Å². The molecule has 0 heterocycles. The molecule has 0 fully saturated rings. The highest BCUT2D eigenvalue weighted by Gasteiger charge is 2.09. The van der Waals surface area contributed by atoms with Crippen molar-refractivity contribution in [1.82, 2.24) is 0 Å². The summed E-state index contributed by atoms with van der Waals surface area (Å²) in [7, 11) is 0. The monoisotopic (exact) mass is 259 g/mol. The van der Waals surface area contributed by atoms with Crippen molar-refractivity contribution in [2.24, 2.45) is 0 Å². The van der Waals surface area contributed by atoms with Crippen LogP contribution in [0.15, 0.2) is 42.5 Å². The lowest BCUT2D eigenvalue weighted by molar-refractivity contribution is 0.281. The fraction of sp³-hybridized carbons (Fsp3) is 0.250. The Kier molecular flexibility index (Phi) is 4.17. The topological polar surface area (TPSA) is 32.3 Å². The lowest BCUT2D eigenvalue weighted by atomic mass is 10.0. The Balaban J connectivity index is 2.20. The maximum Gasteiger partial charge on any atom is 0.128 e. The van der Waals surface area contributed by atoms with Gasteiger partial charge in [-0.3, -0.25) is 0 Å². The number of benzene rings is 2. The average Bonchev–Trinajstić information content (AvgIpc) is 2.44. The van der Waals surface area contributed by atoms with Gasteiger partial charge in [0.2, 0.25) is 0 Å². The summed E-state index contributed by atoms with van der Waals surface area (Å²) in [6, 6.07) is 12.8. The average molecular weight is 259 g/mol. The third-order valence-electron chi connectivity index (χ3n) is 3.27. The van der Waals surface area contributed by atoms with Crippen molar-refractivity contribution in [3.05, 3.63) is 65.0 Å². The first-order valence-electron chi connectivity index (χ1n) is 6.33. The van der Waals surface area contributed by atoms with Crippen molar-refractivity contribution >= 4 is 5.69 Å². The highest BCUT2D eigenvalue weighted by Crippen LogP contribution is 2.24. The van der Waals surface area contributed by atoms with Gasteiger partial charge in [0.1, 0.15) is 5.82 Å². The first kappa shape index (κ1) is 13.6. The normalized spacial score (nSPS) is 12.2. The molecule has 2 nitrogen and oxygen atoms in total. The summed E-state index contributed by atoms with van der Waals surface area (Å²) >= 11 is 0. The zero-order valence-electron chi connectivity index (χ0n) is 11.2. The van der Waals surface area contributed by atoms with Gasteiger partial charge in [0, 0.05) is 17.3 Å². The smallest absolute Gasteiger partial charge is 0.128 e. The summed E-state index contributed by atoms with van der Waals surface area (Å²) in [5.74, 6) is -0.207. The van der Waals surface area contributed by atoms with Crippen molar-refractivity contribution in [2.75, 3.05) is 5.32 Å². The van der Waals surface area contributed by atoms with E-state index >= 15 is 0 Å². The van der Waals surface area contributed by atoms with Crippen LogP contribution in [0.4, 0.5) is 10.1 Å². The van der Waals surface area contributed by atoms with E-state index in [2.05, 4.69) is 5.32 Å². The Labute approximate surface area is 112 Å². The Hall–Kier alpha value is -1.87. The minimum absolute atomic E-state index is 0.0273. The number of nitrogens with one attached hydrogen (secondary N) is 1. The Morgan fingerprint density at radius 3 is 2.68 bits per heavy atom. The zero-order chi connectivity index (χ0) is 13.8. The molecule has 0 aromatic heterocycles. The van der Waals surface area contributed by atoms with E-state index in [1.807, 2.05) is 37.3 Å². The molecule has 2 aromatic carbocycles. The predicted octanol–water partition coefficient (Wildman–Crippen LogP) is 3.80. The van der Waals surface area contributed by atoms with Crippen LogP contribution in [0.1, 0.15) is 29.7 Å². The minimum Gasteiger partial charge on any atom is -0.392 e. The first-order valence-corrected chi connectivity index (χ1v) is 6.33. The summed E-state index contributed by atoms with van der Waals surface area (Å²) in [6.07, 6.45) is 0. The molecule has 100 valence electrons. The van der Waals surface area contributed by atoms with Gasteiger partial charge < -0.3 is 10.4 Å². The van der Waals surface area contributed by atoms with Crippen LogP contribution in [0.2, 0.25) is 0 Å². The molecule has 0 spiro atoms. The van der Waals surface area contributed by atoms with Crippen LogP contribution in [-0.2, 0) is 6.61 Å². The van der Waals surface area contributed by atoms with Crippen molar-refractivity contribution < 1.29 is 9.50 Å². The molecule has 3 heteroatoms. The standard InChI is InChI=1S/C16H18FNO/c1-11-15(17)7-4-8-16(11)18-12(2)14-6-3-5-13(9-14)10-19/h3-9,12,18-19H,10H2,1-2H3. The lowest BCUT2D eigenvalue weighted by Gasteiger charge is -2.18. The third-order valence-corrected chi connectivity index (χ3v) is 3.27. The number of rotatable bonds is 4. The van der Waals surface area contributed by atoms with Gasteiger partial charge in [-0.25, -0.2) is 4.39 Å². The molecule has 2 aromatic rings. The van der Waals surface area contributed by atoms with Gasteiger partial charge in [0.05, 0.1) is 6.61 Å². The van der Waals surface area contributed by atoms with E-state index in [4.69, 9.17) is 5.11 Å². The number of hydrogen-bond donors (Lipinski definition) is 2. The van der Waals surface area contributed by atoms with Crippen LogP contribution >= 0.6 is 0 Å². The summed E-state index contributed by atoms with van der Waals surface area (Å²) < 4.78 is 13.5. The summed E-state index contributed by atoms with van der Waals surface area (Å²) in [5.41, 5.74) is 3.35. The highest BCUT2D eigenvalue weighted by atomic mass is 19.1. The van der Waals surface area contributed by atoms with E-state index in [-0.39, 0.29) is 18.5 Å². The molecule has 1 unspecified atom stereocenters. The van der Waals surface area contributed by atoms with E-state index in [1.54, 1.807) is 13.0 Å². The van der Waals surface area contributed by atoms with Crippen LogP contribution in [0, 0.1) is 12.7 Å². The zero-order valence-corrected chi connectivity index (χ0v) is 11.2. The fourth-order valence-corrected chi connectivity index (χ4v) is 2.04. The molecule has 2 N–H and O–H groups in total. The molecule has 0 aliphatic heterocycles. The fourth-order valence-electron chi connectivity index (χ4n) is 2.04. The molecule has 19 heavy (non-hydrogen) atoms. The first-order chi connectivity index (χ1) is 9.11.